The van der Waals surface area contributed by atoms with Gasteiger partial charge in [-0.1, -0.05) is 0 Å². The Morgan fingerprint density at radius 1 is 1.56 bits per heavy atom. The van der Waals surface area contributed by atoms with Crippen molar-refractivity contribution in [1.29, 1.82) is 0 Å². The molecule has 5 heteroatoms. The molecule has 1 aromatic carbocycles. The number of anilines is 1. The van der Waals surface area contributed by atoms with E-state index in [2.05, 4.69) is 10.6 Å². The molecule has 0 fully saturated rings. The molecule has 0 radical (unpaired) electrons. The van der Waals surface area contributed by atoms with Gasteiger partial charge in [-0.2, -0.15) is 0 Å². The third-order valence-corrected chi connectivity index (χ3v) is 3.67. The van der Waals surface area contributed by atoms with Crippen LogP contribution in [0.4, 0.5) is 5.69 Å². The Labute approximate surface area is 98.7 Å². The van der Waals surface area contributed by atoms with Crippen molar-refractivity contribution in [1.82, 2.24) is 5.32 Å². The van der Waals surface area contributed by atoms with Crippen LogP contribution in [0.25, 0.3) is 0 Å². The minimum absolute atomic E-state index is 0.0418. The van der Waals surface area contributed by atoms with Crippen LogP contribution >= 0.6 is 11.8 Å². The fourth-order valence-corrected chi connectivity index (χ4v) is 2.68. The first kappa shape index (κ1) is 11.3. The van der Waals surface area contributed by atoms with Gasteiger partial charge in [-0.25, -0.2) is 0 Å². The van der Waals surface area contributed by atoms with Crippen LogP contribution < -0.4 is 15.4 Å². The van der Waals surface area contributed by atoms with E-state index in [9.17, 15) is 4.79 Å². The number of amides is 1. The number of methoxy groups -OCH3 is 1. The van der Waals surface area contributed by atoms with Crippen molar-refractivity contribution in [3.8, 4) is 5.75 Å². The van der Waals surface area contributed by atoms with Gasteiger partial charge in [-0.15, -0.1) is 11.8 Å². The second kappa shape index (κ2) is 4.76. The van der Waals surface area contributed by atoms with Gasteiger partial charge in [0.2, 0.25) is 5.91 Å². The van der Waals surface area contributed by atoms with E-state index in [0.717, 1.165) is 16.3 Å². The largest absolute Gasteiger partial charge is 0.497 e. The van der Waals surface area contributed by atoms with Crippen molar-refractivity contribution < 1.29 is 9.53 Å². The van der Waals surface area contributed by atoms with E-state index in [4.69, 9.17) is 4.74 Å². The topological polar surface area (TPSA) is 50.4 Å². The summed E-state index contributed by atoms with van der Waals surface area (Å²) in [5.74, 6) is 0.798. The minimum Gasteiger partial charge on any atom is -0.497 e. The Bertz CT molecular complexity index is 409. The van der Waals surface area contributed by atoms with Crippen molar-refractivity contribution in [2.45, 2.75) is 10.1 Å². The summed E-state index contributed by atoms with van der Waals surface area (Å²) >= 11 is 1.58. The number of carbonyl (C=O) groups excluding carboxylic acids is 1. The van der Waals surface area contributed by atoms with E-state index in [1.165, 1.54) is 0 Å². The molecule has 1 atom stereocenters. The van der Waals surface area contributed by atoms with Crippen molar-refractivity contribution in [3.05, 3.63) is 18.2 Å². The third kappa shape index (κ3) is 2.15. The molecule has 16 heavy (non-hydrogen) atoms. The molecule has 1 aliphatic heterocycles. The molecule has 0 saturated carbocycles. The SMILES string of the molecule is CNCC1Sc2ccc(OC)cc2NC1=O. The Balaban J connectivity index is 2.24. The molecule has 1 unspecified atom stereocenters. The molecular formula is C11H14N2O2S. The first-order chi connectivity index (χ1) is 7.74. The summed E-state index contributed by atoms with van der Waals surface area (Å²) in [6.07, 6.45) is 0. The first-order valence-corrected chi connectivity index (χ1v) is 5.92. The maximum atomic E-state index is 11.7. The lowest BCUT2D eigenvalue weighted by Crippen LogP contribution is -2.35. The Hall–Kier alpha value is -1.20. The van der Waals surface area contributed by atoms with E-state index in [-0.39, 0.29) is 11.2 Å². The van der Waals surface area contributed by atoms with Crippen molar-refractivity contribution >= 4 is 23.4 Å². The van der Waals surface area contributed by atoms with Crippen LogP contribution in [-0.4, -0.2) is 31.9 Å². The number of rotatable bonds is 3. The van der Waals surface area contributed by atoms with Gasteiger partial charge in [0.15, 0.2) is 0 Å². The molecule has 0 spiro atoms. The zero-order valence-corrected chi connectivity index (χ0v) is 10.1. The predicted molar refractivity (Wildman–Crippen MR) is 65.2 cm³/mol. The number of hydrogen-bond acceptors (Lipinski definition) is 4. The van der Waals surface area contributed by atoms with Crippen LogP contribution in [-0.2, 0) is 4.79 Å². The molecule has 0 aliphatic carbocycles. The van der Waals surface area contributed by atoms with E-state index in [1.54, 1.807) is 18.9 Å². The highest BCUT2D eigenvalue weighted by Gasteiger charge is 2.26. The maximum Gasteiger partial charge on any atom is 0.239 e. The summed E-state index contributed by atoms with van der Waals surface area (Å²) in [5.41, 5.74) is 0.835. The smallest absolute Gasteiger partial charge is 0.239 e. The van der Waals surface area contributed by atoms with Gasteiger partial charge in [0.25, 0.3) is 0 Å². The minimum atomic E-state index is -0.0640. The first-order valence-electron chi connectivity index (χ1n) is 5.04. The fourth-order valence-electron chi connectivity index (χ4n) is 1.58. The van der Waals surface area contributed by atoms with Crippen LogP contribution in [0.5, 0.6) is 5.75 Å². The summed E-state index contributed by atoms with van der Waals surface area (Å²) in [6.45, 7) is 0.669. The third-order valence-electron chi connectivity index (χ3n) is 2.40. The Morgan fingerprint density at radius 2 is 2.38 bits per heavy atom. The number of fused-ring (bicyclic) bond motifs is 1. The number of hydrogen-bond donors (Lipinski definition) is 2. The Kier molecular flexibility index (Phi) is 3.36. The van der Waals surface area contributed by atoms with Gasteiger partial charge in [-0.3, -0.25) is 4.79 Å². The van der Waals surface area contributed by atoms with Crippen LogP contribution in [0.3, 0.4) is 0 Å². The van der Waals surface area contributed by atoms with E-state index < -0.39 is 0 Å². The van der Waals surface area contributed by atoms with Crippen LogP contribution in [0.1, 0.15) is 0 Å². The standard InChI is InChI=1S/C11H14N2O2S/c1-12-6-10-11(14)13-8-5-7(15-2)3-4-9(8)16-10/h3-5,10,12H,6H2,1-2H3,(H,13,14). The van der Waals surface area contributed by atoms with Crippen LogP contribution in [0, 0.1) is 0 Å². The lowest BCUT2D eigenvalue weighted by Gasteiger charge is -2.24. The van der Waals surface area contributed by atoms with E-state index in [0.29, 0.717) is 6.54 Å². The molecule has 1 aromatic rings. The Morgan fingerprint density at radius 3 is 3.06 bits per heavy atom. The summed E-state index contributed by atoms with van der Waals surface area (Å²) in [4.78, 5) is 12.8. The summed E-state index contributed by atoms with van der Waals surface area (Å²) < 4.78 is 5.12. The van der Waals surface area contributed by atoms with Gasteiger partial charge >= 0.3 is 0 Å². The molecule has 1 amide bonds. The zero-order chi connectivity index (χ0) is 11.5. The molecule has 2 rings (SSSR count). The second-order valence-corrected chi connectivity index (χ2v) is 4.76. The normalized spacial score (nSPS) is 18.9. The van der Waals surface area contributed by atoms with Gasteiger partial charge < -0.3 is 15.4 Å². The average molecular weight is 238 g/mol. The highest BCUT2D eigenvalue weighted by Crippen LogP contribution is 2.37. The molecule has 0 bridgehead atoms. The maximum absolute atomic E-state index is 11.7. The van der Waals surface area contributed by atoms with E-state index >= 15 is 0 Å². The van der Waals surface area contributed by atoms with Crippen molar-refractivity contribution in [2.75, 3.05) is 26.0 Å². The molecular weight excluding hydrogens is 224 g/mol. The number of carbonyl (C=O) groups is 1. The van der Waals surface area contributed by atoms with Gasteiger partial charge in [0.05, 0.1) is 12.8 Å². The van der Waals surface area contributed by atoms with Crippen molar-refractivity contribution in [2.24, 2.45) is 0 Å². The number of ether oxygens (including phenoxy) is 1. The predicted octanol–water partition coefficient (Wildman–Crippen LogP) is 1.33. The van der Waals surface area contributed by atoms with Crippen LogP contribution in [0.2, 0.25) is 0 Å². The lowest BCUT2D eigenvalue weighted by molar-refractivity contribution is -0.115. The molecule has 86 valence electrons. The average Bonchev–Trinajstić information content (AvgIpc) is 2.30. The summed E-state index contributed by atoms with van der Waals surface area (Å²) in [7, 11) is 3.46. The van der Waals surface area contributed by atoms with Gasteiger partial charge in [0.1, 0.15) is 11.0 Å². The quantitative estimate of drug-likeness (QED) is 0.834. The fraction of sp³-hybridized carbons (Fsp3) is 0.364. The molecule has 0 aromatic heterocycles. The van der Waals surface area contributed by atoms with Crippen LogP contribution in [0.15, 0.2) is 23.1 Å². The molecule has 1 heterocycles. The molecule has 1 aliphatic rings. The molecule has 0 saturated heterocycles. The summed E-state index contributed by atoms with van der Waals surface area (Å²) in [5, 5.41) is 5.84. The lowest BCUT2D eigenvalue weighted by atomic mass is 10.2. The van der Waals surface area contributed by atoms with Crippen molar-refractivity contribution in [3.63, 3.8) is 0 Å². The zero-order valence-electron chi connectivity index (χ0n) is 9.24. The highest BCUT2D eigenvalue weighted by molar-refractivity contribution is 8.01. The monoisotopic (exact) mass is 238 g/mol. The van der Waals surface area contributed by atoms with Gasteiger partial charge in [0, 0.05) is 17.5 Å². The van der Waals surface area contributed by atoms with E-state index in [1.807, 2.05) is 25.2 Å². The number of benzene rings is 1. The molecule has 2 N–H and O–H groups in total. The van der Waals surface area contributed by atoms with Gasteiger partial charge in [-0.05, 0) is 19.2 Å². The summed E-state index contributed by atoms with van der Waals surface area (Å²) in [6, 6.07) is 5.72. The number of thioether (sulfide) groups is 1. The molecule has 4 nitrogen and oxygen atoms in total. The highest BCUT2D eigenvalue weighted by atomic mass is 32.2. The second-order valence-electron chi connectivity index (χ2n) is 3.52. The number of nitrogens with one attached hydrogen (secondary N) is 2.